The van der Waals surface area contributed by atoms with E-state index >= 15 is 0 Å². The molecule has 0 radical (unpaired) electrons. The number of fused-ring (bicyclic) bond motifs is 4. The number of pyridine rings is 1. The van der Waals surface area contributed by atoms with Crippen LogP contribution in [0.1, 0.15) is 43.3 Å². The number of furan rings is 1. The zero-order valence-electron chi connectivity index (χ0n) is 27.5. The molecule has 8 rings (SSSR count). The third-order valence-electron chi connectivity index (χ3n) is 9.01. The fourth-order valence-corrected chi connectivity index (χ4v) is 6.74. The molecule has 0 spiro atoms. The van der Waals surface area contributed by atoms with Gasteiger partial charge in [0.25, 0.3) is 0 Å². The third kappa shape index (κ3) is 4.71. The van der Waals surface area contributed by atoms with Crippen molar-refractivity contribution in [2.75, 3.05) is 0 Å². The van der Waals surface area contributed by atoms with Crippen molar-refractivity contribution in [1.82, 2.24) is 24.5 Å². The van der Waals surface area contributed by atoms with Crippen LogP contribution in [-0.2, 0) is 5.41 Å². The molecule has 6 heteroatoms. The van der Waals surface area contributed by atoms with E-state index in [1.165, 1.54) is 5.56 Å². The Morgan fingerprint density at radius 2 is 1.32 bits per heavy atom. The summed E-state index contributed by atoms with van der Waals surface area (Å²) in [6.07, 6.45) is 3.38. The predicted molar refractivity (Wildman–Crippen MR) is 191 cm³/mol. The van der Waals surface area contributed by atoms with Gasteiger partial charge < -0.3 is 4.42 Å². The van der Waals surface area contributed by atoms with Crippen LogP contribution in [0.4, 0.5) is 0 Å². The van der Waals surface area contributed by atoms with Crippen LogP contribution in [0.5, 0.6) is 0 Å². The highest BCUT2D eigenvalue weighted by Crippen LogP contribution is 2.45. The minimum Gasteiger partial charge on any atom is -0.435 e. The van der Waals surface area contributed by atoms with Crippen molar-refractivity contribution in [3.05, 3.63) is 126 Å². The summed E-state index contributed by atoms with van der Waals surface area (Å²) in [6.45, 7) is 13.0. The summed E-state index contributed by atoms with van der Waals surface area (Å²) in [4.78, 5) is 19.5. The summed E-state index contributed by atoms with van der Waals surface area (Å²) in [5, 5.41) is 0.949. The molecule has 4 heterocycles. The maximum absolute atomic E-state index is 6.51. The van der Waals surface area contributed by atoms with Crippen molar-refractivity contribution < 1.29 is 4.42 Å². The number of nitrogens with zero attached hydrogens (tertiary/aromatic N) is 5. The molecule has 230 valence electrons. The molecule has 0 bridgehead atoms. The fraction of sp³-hybridized carbons (Fsp3) is 0.171. The Hall–Kier alpha value is -5.62. The molecule has 0 unspecified atom stereocenters. The van der Waals surface area contributed by atoms with Crippen LogP contribution in [-0.4, -0.2) is 24.5 Å². The summed E-state index contributed by atoms with van der Waals surface area (Å²) in [5.74, 6) is 0.775. The van der Waals surface area contributed by atoms with Gasteiger partial charge in [-0.3, -0.25) is 9.55 Å². The van der Waals surface area contributed by atoms with Crippen LogP contribution in [0.3, 0.4) is 0 Å². The molecule has 0 atom stereocenters. The second kappa shape index (κ2) is 10.7. The van der Waals surface area contributed by atoms with Gasteiger partial charge in [-0.25, -0.2) is 15.0 Å². The molecule has 47 heavy (non-hydrogen) atoms. The molecule has 6 nitrogen and oxygen atoms in total. The maximum Gasteiger partial charge on any atom is 0.246 e. The SMILES string of the molecule is Cc1cc2nc(-c3ccc(C)c4c3oc3nccnc34)n(-c3c(-c4ccccc4)cc(C(C)(C)C)cc3-c3ccccc3)c2c(C)n1. The van der Waals surface area contributed by atoms with Crippen LogP contribution in [0.2, 0.25) is 0 Å². The van der Waals surface area contributed by atoms with Gasteiger partial charge in [0.05, 0.1) is 33.4 Å². The molecular weight excluding hydrogens is 578 g/mol. The number of rotatable bonds is 4. The van der Waals surface area contributed by atoms with Crippen LogP contribution >= 0.6 is 0 Å². The van der Waals surface area contributed by atoms with Crippen LogP contribution < -0.4 is 0 Å². The molecular formula is C41H35N5O. The predicted octanol–water partition coefficient (Wildman–Crippen LogP) is 10.3. The minimum atomic E-state index is -0.0859. The Labute approximate surface area is 273 Å². The molecule has 0 N–H and O–H groups in total. The summed E-state index contributed by atoms with van der Waals surface area (Å²) < 4.78 is 8.82. The fourth-order valence-electron chi connectivity index (χ4n) is 6.74. The normalized spacial score (nSPS) is 12.0. The lowest BCUT2D eigenvalue weighted by molar-refractivity contribution is 0.590. The Balaban J connectivity index is 1.59. The van der Waals surface area contributed by atoms with E-state index in [2.05, 4.69) is 140 Å². The maximum atomic E-state index is 6.51. The van der Waals surface area contributed by atoms with E-state index in [-0.39, 0.29) is 5.41 Å². The standard InChI is InChI=1S/C41H35N5O/c1-24-17-18-30(38-34(24)35-40(47-38)43-20-19-42-35)39-45-33-21-25(2)44-26(3)36(33)46(39)37-31(27-13-9-7-10-14-27)22-29(41(4,5)6)23-32(37)28-15-11-8-12-16-28/h7-23H,1-6H3. The van der Waals surface area contributed by atoms with Crippen LogP contribution in [0.25, 0.3) is 72.6 Å². The molecule has 0 aliphatic rings. The molecule has 0 aliphatic heterocycles. The van der Waals surface area contributed by atoms with Crippen molar-refractivity contribution in [1.29, 1.82) is 0 Å². The largest absolute Gasteiger partial charge is 0.435 e. The van der Waals surface area contributed by atoms with Gasteiger partial charge in [-0.1, -0.05) is 87.5 Å². The zero-order valence-corrected chi connectivity index (χ0v) is 27.5. The van der Waals surface area contributed by atoms with E-state index in [1.54, 1.807) is 12.4 Å². The quantitative estimate of drug-likeness (QED) is 0.198. The first-order valence-electron chi connectivity index (χ1n) is 16.0. The van der Waals surface area contributed by atoms with Crippen molar-refractivity contribution >= 4 is 33.2 Å². The molecule has 0 amide bonds. The van der Waals surface area contributed by atoms with Crippen molar-refractivity contribution in [3.63, 3.8) is 0 Å². The number of hydrogen-bond donors (Lipinski definition) is 0. The number of benzene rings is 4. The first kappa shape index (κ1) is 28.8. The van der Waals surface area contributed by atoms with Gasteiger partial charge >= 0.3 is 0 Å². The van der Waals surface area contributed by atoms with E-state index in [0.717, 1.165) is 83.8 Å². The average Bonchev–Trinajstić information content (AvgIpc) is 3.64. The highest BCUT2D eigenvalue weighted by molar-refractivity contribution is 6.09. The topological polar surface area (TPSA) is 69.6 Å². The summed E-state index contributed by atoms with van der Waals surface area (Å²) in [7, 11) is 0. The lowest BCUT2D eigenvalue weighted by Gasteiger charge is -2.26. The van der Waals surface area contributed by atoms with E-state index in [9.17, 15) is 0 Å². The number of aromatic nitrogens is 5. The number of imidazole rings is 1. The Morgan fingerprint density at radius 1 is 0.681 bits per heavy atom. The molecule has 4 aromatic carbocycles. The molecule has 0 fully saturated rings. The second-order valence-electron chi connectivity index (χ2n) is 13.3. The zero-order chi connectivity index (χ0) is 32.4. The first-order valence-corrected chi connectivity index (χ1v) is 16.0. The minimum absolute atomic E-state index is 0.0859. The van der Waals surface area contributed by atoms with E-state index in [0.29, 0.717) is 5.71 Å². The Morgan fingerprint density at radius 3 is 1.96 bits per heavy atom. The Bertz CT molecular complexity index is 2410. The van der Waals surface area contributed by atoms with Gasteiger partial charge in [-0.2, -0.15) is 0 Å². The molecule has 4 aromatic heterocycles. The summed E-state index contributed by atoms with van der Waals surface area (Å²) >= 11 is 0. The van der Waals surface area contributed by atoms with Gasteiger partial charge in [-0.15, -0.1) is 0 Å². The molecule has 0 saturated heterocycles. The lowest BCUT2D eigenvalue weighted by atomic mass is 9.82. The molecule has 8 aromatic rings. The average molecular weight is 614 g/mol. The third-order valence-corrected chi connectivity index (χ3v) is 9.01. The van der Waals surface area contributed by atoms with Gasteiger partial charge in [0.15, 0.2) is 0 Å². The van der Waals surface area contributed by atoms with Crippen molar-refractivity contribution in [2.45, 2.75) is 47.0 Å². The number of aryl methyl sites for hydroxylation is 3. The first-order chi connectivity index (χ1) is 22.7. The van der Waals surface area contributed by atoms with Gasteiger partial charge in [0.2, 0.25) is 5.71 Å². The van der Waals surface area contributed by atoms with Gasteiger partial charge in [0, 0.05) is 29.2 Å². The van der Waals surface area contributed by atoms with Gasteiger partial charge in [0.1, 0.15) is 16.9 Å². The molecule has 0 saturated carbocycles. The lowest BCUT2D eigenvalue weighted by Crippen LogP contribution is -2.13. The van der Waals surface area contributed by atoms with Gasteiger partial charge in [-0.05, 0) is 72.7 Å². The van der Waals surface area contributed by atoms with E-state index in [1.807, 2.05) is 6.92 Å². The number of hydrogen-bond acceptors (Lipinski definition) is 5. The van der Waals surface area contributed by atoms with Crippen molar-refractivity contribution in [3.8, 4) is 39.3 Å². The monoisotopic (exact) mass is 613 g/mol. The Kier molecular flexibility index (Phi) is 6.58. The second-order valence-corrected chi connectivity index (χ2v) is 13.3. The summed E-state index contributed by atoms with van der Waals surface area (Å²) in [5.41, 5.74) is 14.3. The van der Waals surface area contributed by atoms with Crippen LogP contribution in [0, 0.1) is 20.8 Å². The van der Waals surface area contributed by atoms with Crippen molar-refractivity contribution in [2.24, 2.45) is 0 Å². The van der Waals surface area contributed by atoms with E-state index < -0.39 is 0 Å². The van der Waals surface area contributed by atoms with Crippen LogP contribution in [0.15, 0.2) is 108 Å². The molecule has 0 aliphatic carbocycles. The smallest absolute Gasteiger partial charge is 0.246 e. The highest BCUT2D eigenvalue weighted by Gasteiger charge is 2.28. The highest BCUT2D eigenvalue weighted by atomic mass is 16.3. The van der Waals surface area contributed by atoms with E-state index in [4.69, 9.17) is 14.4 Å². The summed E-state index contributed by atoms with van der Waals surface area (Å²) in [6, 6.07) is 32.3.